The van der Waals surface area contributed by atoms with Crippen LogP contribution in [-0.4, -0.2) is 12.9 Å². The molecule has 1 fully saturated rings. The molecule has 1 aliphatic rings. The first-order valence-electron chi connectivity index (χ1n) is 6.24. The molecule has 1 saturated heterocycles. The fraction of sp³-hybridized carbons (Fsp3) is 0.571. The Hall–Kier alpha value is -0.450. The van der Waals surface area contributed by atoms with Crippen molar-refractivity contribution in [3.63, 3.8) is 0 Å². The Balaban J connectivity index is 2.13. The second-order valence-electron chi connectivity index (χ2n) is 5.05. The molecule has 0 bridgehead atoms. The lowest BCUT2D eigenvalue weighted by Crippen LogP contribution is -2.33. The summed E-state index contributed by atoms with van der Waals surface area (Å²) >= 11 is 3.26. The molecule has 1 atom stereocenters. The van der Waals surface area contributed by atoms with Crippen molar-refractivity contribution in [2.24, 2.45) is 0 Å². The summed E-state index contributed by atoms with van der Waals surface area (Å²) in [6.07, 6.45) is 2.83. The Morgan fingerprint density at radius 3 is 2.78 bits per heavy atom. The summed E-state index contributed by atoms with van der Waals surface area (Å²) < 4.78 is 26.1. The Labute approximate surface area is 116 Å². The maximum Gasteiger partial charge on any atom is 0.158 e. The third-order valence-electron chi connectivity index (χ3n) is 3.14. The topological polar surface area (TPSA) is 18.5 Å². The highest BCUT2D eigenvalue weighted by molar-refractivity contribution is 9.10. The van der Waals surface area contributed by atoms with E-state index in [1.54, 1.807) is 6.07 Å². The first-order chi connectivity index (χ1) is 8.49. The molecule has 0 amide bonds. The van der Waals surface area contributed by atoms with Gasteiger partial charge in [0.1, 0.15) is 5.82 Å². The van der Waals surface area contributed by atoms with E-state index < -0.39 is 5.60 Å². The number of hydrogen-bond donors (Lipinski definition) is 0. The molecule has 0 radical (unpaired) electrons. The predicted octanol–water partition coefficient (Wildman–Crippen LogP) is 4.37. The summed E-state index contributed by atoms with van der Waals surface area (Å²) in [6.45, 7) is 4.47. The van der Waals surface area contributed by atoms with Crippen LogP contribution < -0.4 is 0 Å². The van der Waals surface area contributed by atoms with Crippen LogP contribution in [0.3, 0.4) is 0 Å². The van der Waals surface area contributed by atoms with Crippen LogP contribution in [0.1, 0.15) is 38.7 Å². The largest absolute Gasteiger partial charge is 0.353 e. The van der Waals surface area contributed by atoms with Gasteiger partial charge in [-0.2, -0.15) is 0 Å². The minimum Gasteiger partial charge on any atom is -0.353 e. The molecule has 0 aliphatic carbocycles. The Kier molecular flexibility index (Phi) is 4.41. The van der Waals surface area contributed by atoms with Crippen molar-refractivity contribution in [1.82, 2.24) is 0 Å². The lowest BCUT2D eigenvalue weighted by atomic mass is 9.97. The van der Waals surface area contributed by atoms with Crippen molar-refractivity contribution in [2.75, 3.05) is 6.61 Å². The zero-order valence-corrected chi connectivity index (χ0v) is 12.3. The standard InChI is InChI=1S/C14H18BrFO2/c1-14(2,18-13-5-3-4-8-17-13)11-7-6-10(15)9-12(11)16/h6-7,9,13H,3-5,8H2,1-2H3. The van der Waals surface area contributed by atoms with Gasteiger partial charge < -0.3 is 9.47 Å². The fourth-order valence-corrected chi connectivity index (χ4v) is 2.51. The molecular formula is C14H18BrFO2. The van der Waals surface area contributed by atoms with Gasteiger partial charge in [0.25, 0.3) is 0 Å². The van der Waals surface area contributed by atoms with Gasteiger partial charge in [-0.15, -0.1) is 0 Å². The van der Waals surface area contributed by atoms with Gasteiger partial charge in [0.15, 0.2) is 6.29 Å². The van der Waals surface area contributed by atoms with E-state index in [1.807, 2.05) is 19.9 Å². The van der Waals surface area contributed by atoms with Crippen LogP contribution >= 0.6 is 15.9 Å². The summed E-state index contributed by atoms with van der Waals surface area (Å²) in [6, 6.07) is 5.04. The predicted molar refractivity (Wildman–Crippen MR) is 71.8 cm³/mol. The molecule has 1 aliphatic heterocycles. The molecule has 4 heteroatoms. The van der Waals surface area contributed by atoms with Crippen molar-refractivity contribution in [3.8, 4) is 0 Å². The molecule has 1 heterocycles. The van der Waals surface area contributed by atoms with E-state index in [0.717, 1.165) is 30.3 Å². The van der Waals surface area contributed by atoms with E-state index >= 15 is 0 Å². The third kappa shape index (κ3) is 3.31. The lowest BCUT2D eigenvalue weighted by molar-refractivity contribution is -0.219. The minimum absolute atomic E-state index is 0.225. The monoisotopic (exact) mass is 316 g/mol. The van der Waals surface area contributed by atoms with Gasteiger partial charge in [0.05, 0.1) is 5.60 Å². The summed E-state index contributed by atoms with van der Waals surface area (Å²) in [5.74, 6) is -0.259. The molecule has 2 nitrogen and oxygen atoms in total. The van der Waals surface area contributed by atoms with Crippen molar-refractivity contribution < 1.29 is 13.9 Å². The highest BCUT2D eigenvalue weighted by atomic mass is 79.9. The first-order valence-corrected chi connectivity index (χ1v) is 7.03. The quantitative estimate of drug-likeness (QED) is 0.824. The van der Waals surface area contributed by atoms with Crippen molar-refractivity contribution in [3.05, 3.63) is 34.1 Å². The average Bonchev–Trinajstić information content (AvgIpc) is 2.29. The van der Waals surface area contributed by atoms with Crippen molar-refractivity contribution in [1.29, 1.82) is 0 Å². The Bertz CT molecular complexity index is 414. The van der Waals surface area contributed by atoms with Crippen LogP contribution in [0.4, 0.5) is 4.39 Å². The van der Waals surface area contributed by atoms with E-state index in [4.69, 9.17) is 9.47 Å². The van der Waals surface area contributed by atoms with Gasteiger partial charge in [-0.1, -0.05) is 22.0 Å². The maximum atomic E-state index is 13.9. The van der Waals surface area contributed by atoms with Crippen LogP contribution in [0.5, 0.6) is 0 Å². The summed E-state index contributed by atoms with van der Waals surface area (Å²) in [5.41, 5.74) is -0.132. The molecule has 100 valence electrons. The number of halogens is 2. The SMILES string of the molecule is CC(C)(OC1CCCCO1)c1ccc(Br)cc1F. The average molecular weight is 317 g/mol. The van der Waals surface area contributed by atoms with Gasteiger partial charge in [0.2, 0.25) is 0 Å². The smallest absolute Gasteiger partial charge is 0.158 e. The molecule has 1 aromatic carbocycles. The number of ether oxygens (including phenoxy) is 2. The van der Waals surface area contributed by atoms with Gasteiger partial charge in [-0.3, -0.25) is 0 Å². The molecule has 0 aromatic heterocycles. The van der Waals surface area contributed by atoms with Gasteiger partial charge in [-0.25, -0.2) is 4.39 Å². The molecule has 1 aromatic rings. The second kappa shape index (κ2) is 5.68. The van der Waals surface area contributed by atoms with E-state index in [2.05, 4.69) is 15.9 Å². The molecule has 2 rings (SSSR count). The van der Waals surface area contributed by atoms with E-state index in [1.165, 1.54) is 6.07 Å². The minimum atomic E-state index is -0.688. The summed E-state index contributed by atoms with van der Waals surface area (Å²) in [7, 11) is 0. The van der Waals surface area contributed by atoms with Crippen molar-refractivity contribution >= 4 is 15.9 Å². The molecular weight excluding hydrogens is 299 g/mol. The van der Waals surface area contributed by atoms with Gasteiger partial charge in [-0.05, 0) is 45.2 Å². The van der Waals surface area contributed by atoms with Crippen LogP contribution in [0, 0.1) is 5.82 Å². The van der Waals surface area contributed by atoms with Gasteiger partial charge >= 0.3 is 0 Å². The zero-order chi connectivity index (χ0) is 13.2. The zero-order valence-electron chi connectivity index (χ0n) is 10.7. The van der Waals surface area contributed by atoms with Crippen LogP contribution in [-0.2, 0) is 15.1 Å². The molecule has 18 heavy (non-hydrogen) atoms. The summed E-state index contributed by atoms with van der Waals surface area (Å²) in [5, 5.41) is 0. The summed E-state index contributed by atoms with van der Waals surface area (Å²) in [4.78, 5) is 0. The highest BCUT2D eigenvalue weighted by Crippen LogP contribution is 2.32. The van der Waals surface area contributed by atoms with Crippen molar-refractivity contribution in [2.45, 2.75) is 45.0 Å². The molecule has 0 spiro atoms. The molecule has 0 N–H and O–H groups in total. The van der Waals surface area contributed by atoms with Crippen LogP contribution in [0.15, 0.2) is 22.7 Å². The number of benzene rings is 1. The Morgan fingerprint density at radius 1 is 1.39 bits per heavy atom. The maximum absolute atomic E-state index is 13.9. The number of hydrogen-bond acceptors (Lipinski definition) is 2. The first kappa shape index (κ1) is 14.0. The second-order valence-corrected chi connectivity index (χ2v) is 5.96. The lowest BCUT2D eigenvalue weighted by Gasteiger charge is -2.33. The van der Waals surface area contributed by atoms with E-state index in [9.17, 15) is 4.39 Å². The van der Waals surface area contributed by atoms with E-state index in [0.29, 0.717) is 5.56 Å². The number of rotatable bonds is 3. The van der Waals surface area contributed by atoms with Gasteiger partial charge in [0, 0.05) is 16.6 Å². The van der Waals surface area contributed by atoms with Crippen LogP contribution in [0.2, 0.25) is 0 Å². The highest BCUT2D eigenvalue weighted by Gasteiger charge is 2.29. The normalized spacial score (nSPS) is 21.0. The fourth-order valence-electron chi connectivity index (χ4n) is 2.17. The van der Waals surface area contributed by atoms with E-state index in [-0.39, 0.29) is 12.1 Å². The molecule has 0 saturated carbocycles. The Morgan fingerprint density at radius 2 is 2.17 bits per heavy atom. The third-order valence-corrected chi connectivity index (χ3v) is 3.64. The molecule has 1 unspecified atom stereocenters. The van der Waals surface area contributed by atoms with Crippen LogP contribution in [0.25, 0.3) is 0 Å².